The number of methoxy groups -OCH3 is 3. The molecule has 2 aromatic rings. The van der Waals surface area contributed by atoms with E-state index in [9.17, 15) is 5.11 Å². The van der Waals surface area contributed by atoms with Crippen LogP contribution in [0, 0.1) is 0 Å². The lowest BCUT2D eigenvalue weighted by Crippen LogP contribution is -2.32. The molecule has 6 heteroatoms. The van der Waals surface area contributed by atoms with Gasteiger partial charge in [-0.3, -0.25) is 0 Å². The van der Waals surface area contributed by atoms with Crippen LogP contribution in [0.3, 0.4) is 0 Å². The maximum atomic E-state index is 10.7. The van der Waals surface area contributed by atoms with Crippen molar-refractivity contribution in [2.45, 2.75) is 17.0 Å². The fourth-order valence-corrected chi connectivity index (χ4v) is 3.48. The number of aliphatic hydroxyl groups is 1. The van der Waals surface area contributed by atoms with Gasteiger partial charge in [-0.05, 0) is 23.8 Å². The topological polar surface area (TPSA) is 57.2 Å². The minimum Gasteiger partial charge on any atom is -0.497 e. The summed E-state index contributed by atoms with van der Waals surface area (Å²) in [6.07, 6.45) is -1.28. The number of fused-ring (bicyclic) bond motifs is 1. The first-order chi connectivity index (χ1) is 11.6. The average Bonchev–Trinajstić information content (AvgIpc) is 2.63. The molecule has 2 aromatic carbocycles. The monoisotopic (exact) mass is 394 g/mol. The third kappa shape index (κ3) is 2.80. The third-order valence-electron chi connectivity index (χ3n) is 4.13. The van der Waals surface area contributed by atoms with E-state index in [1.807, 2.05) is 30.3 Å². The molecule has 0 spiro atoms. The van der Waals surface area contributed by atoms with E-state index in [4.69, 9.17) is 18.9 Å². The molecule has 3 rings (SSSR count). The minimum atomic E-state index is -0.746. The van der Waals surface area contributed by atoms with Gasteiger partial charge in [-0.1, -0.05) is 34.1 Å². The number of aliphatic hydroxyl groups excluding tert-OH is 1. The predicted molar refractivity (Wildman–Crippen MR) is 93.6 cm³/mol. The summed E-state index contributed by atoms with van der Waals surface area (Å²) in [5.41, 5.74) is 1.67. The zero-order valence-corrected chi connectivity index (χ0v) is 15.2. The largest absolute Gasteiger partial charge is 0.497 e. The van der Waals surface area contributed by atoms with Crippen LogP contribution >= 0.6 is 15.9 Å². The number of alkyl halides is 1. The molecule has 0 bridgehead atoms. The predicted octanol–water partition coefficient (Wildman–Crippen LogP) is 3.64. The number of hydrogen-bond donors (Lipinski definition) is 1. The summed E-state index contributed by atoms with van der Waals surface area (Å²) in [4.78, 5) is -0.284. The maximum Gasteiger partial charge on any atom is 0.203 e. The fraction of sp³-hybridized carbons (Fsp3) is 0.333. The van der Waals surface area contributed by atoms with Crippen LogP contribution in [0.4, 0.5) is 0 Å². The van der Waals surface area contributed by atoms with Gasteiger partial charge in [0.1, 0.15) is 11.9 Å². The van der Waals surface area contributed by atoms with E-state index < -0.39 is 12.2 Å². The molecule has 128 valence electrons. The number of rotatable bonds is 4. The van der Waals surface area contributed by atoms with Crippen molar-refractivity contribution in [3.8, 4) is 23.0 Å². The Morgan fingerprint density at radius 3 is 2.25 bits per heavy atom. The summed E-state index contributed by atoms with van der Waals surface area (Å²) < 4.78 is 22.1. The van der Waals surface area contributed by atoms with Gasteiger partial charge in [0.05, 0.1) is 26.2 Å². The number of ether oxygens (including phenoxy) is 4. The van der Waals surface area contributed by atoms with Crippen molar-refractivity contribution in [1.29, 1.82) is 0 Å². The summed E-state index contributed by atoms with van der Waals surface area (Å²) in [7, 11) is 4.76. The van der Waals surface area contributed by atoms with Gasteiger partial charge in [-0.2, -0.15) is 0 Å². The SMILES string of the molecule is COc1ccc([C@H]2Oc3c(ccc(OC)c3OC)[C@H](Br)[C@H]2O)cc1. The van der Waals surface area contributed by atoms with Crippen molar-refractivity contribution in [3.63, 3.8) is 0 Å². The maximum absolute atomic E-state index is 10.7. The summed E-state index contributed by atoms with van der Waals surface area (Å²) in [6, 6.07) is 11.1. The first-order valence-electron chi connectivity index (χ1n) is 7.48. The Labute approximate surface area is 149 Å². The molecule has 24 heavy (non-hydrogen) atoms. The number of halogens is 1. The van der Waals surface area contributed by atoms with Gasteiger partial charge in [-0.25, -0.2) is 0 Å². The molecule has 0 saturated carbocycles. The molecule has 5 nitrogen and oxygen atoms in total. The number of benzene rings is 2. The van der Waals surface area contributed by atoms with Crippen molar-refractivity contribution >= 4 is 15.9 Å². The van der Waals surface area contributed by atoms with Crippen LogP contribution in [0.5, 0.6) is 23.0 Å². The molecule has 1 aliphatic heterocycles. The molecule has 0 radical (unpaired) electrons. The van der Waals surface area contributed by atoms with E-state index >= 15 is 0 Å². The van der Waals surface area contributed by atoms with E-state index in [1.54, 1.807) is 27.4 Å². The molecule has 1 N–H and O–H groups in total. The molecule has 0 saturated heterocycles. The Bertz CT molecular complexity index is 716. The van der Waals surface area contributed by atoms with Crippen LogP contribution in [-0.4, -0.2) is 32.5 Å². The van der Waals surface area contributed by atoms with Crippen molar-refractivity contribution in [1.82, 2.24) is 0 Å². The highest BCUT2D eigenvalue weighted by atomic mass is 79.9. The Hall–Kier alpha value is -1.92. The molecule has 0 amide bonds. The lowest BCUT2D eigenvalue weighted by molar-refractivity contribution is 0.0178. The van der Waals surface area contributed by atoms with Gasteiger partial charge < -0.3 is 24.1 Å². The molecular formula is C18H19BrO5. The van der Waals surface area contributed by atoms with Gasteiger partial charge in [0, 0.05) is 5.56 Å². The molecule has 1 aliphatic rings. The lowest BCUT2D eigenvalue weighted by atomic mass is 9.94. The summed E-state index contributed by atoms with van der Waals surface area (Å²) in [6.45, 7) is 0. The average molecular weight is 395 g/mol. The Balaban J connectivity index is 2.04. The molecule has 3 atom stereocenters. The minimum absolute atomic E-state index is 0.284. The van der Waals surface area contributed by atoms with E-state index in [0.717, 1.165) is 16.9 Å². The lowest BCUT2D eigenvalue weighted by Gasteiger charge is -2.35. The van der Waals surface area contributed by atoms with Crippen LogP contribution < -0.4 is 18.9 Å². The molecular weight excluding hydrogens is 376 g/mol. The highest BCUT2D eigenvalue weighted by molar-refractivity contribution is 9.09. The van der Waals surface area contributed by atoms with Crippen molar-refractivity contribution in [2.24, 2.45) is 0 Å². The molecule has 0 unspecified atom stereocenters. The van der Waals surface area contributed by atoms with Gasteiger partial charge in [-0.15, -0.1) is 0 Å². The second-order valence-corrected chi connectivity index (χ2v) is 6.41. The summed E-state index contributed by atoms with van der Waals surface area (Å²) in [5, 5.41) is 10.7. The van der Waals surface area contributed by atoms with Crippen molar-refractivity contribution < 1.29 is 24.1 Å². The quantitative estimate of drug-likeness (QED) is 0.802. The van der Waals surface area contributed by atoms with E-state index in [1.165, 1.54) is 0 Å². The zero-order chi connectivity index (χ0) is 17.3. The van der Waals surface area contributed by atoms with Crippen LogP contribution in [-0.2, 0) is 0 Å². The normalized spacial score (nSPS) is 22.3. The third-order valence-corrected chi connectivity index (χ3v) is 5.16. The van der Waals surface area contributed by atoms with Gasteiger partial charge >= 0.3 is 0 Å². The Morgan fingerprint density at radius 2 is 1.67 bits per heavy atom. The highest BCUT2D eigenvalue weighted by Gasteiger charge is 2.39. The summed E-state index contributed by atoms with van der Waals surface area (Å²) in [5.74, 6) is 2.43. The van der Waals surface area contributed by atoms with Crippen molar-refractivity contribution in [3.05, 3.63) is 47.5 Å². The Kier molecular flexibility index (Phi) is 4.87. The molecule has 1 heterocycles. The van der Waals surface area contributed by atoms with Gasteiger partial charge in [0.25, 0.3) is 0 Å². The van der Waals surface area contributed by atoms with Crippen LogP contribution in [0.25, 0.3) is 0 Å². The standard InChI is InChI=1S/C18H19BrO5/c1-21-11-6-4-10(5-7-11)16-15(20)14(19)12-8-9-13(22-2)18(23-3)17(12)24-16/h4-9,14-16,20H,1-3H3/t14-,15+,16+/m0/s1. The first-order valence-corrected chi connectivity index (χ1v) is 8.40. The first kappa shape index (κ1) is 16.9. The van der Waals surface area contributed by atoms with E-state index in [2.05, 4.69) is 15.9 Å². The van der Waals surface area contributed by atoms with Crippen molar-refractivity contribution in [2.75, 3.05) is 21.3 Å². The second kappa shape index (κ2) is 6.91. The number of hydrogen-bond acceptors (Lipinski definition) is 5. The highest BCUT2D eigenvalue weighted by Crippen LogP contribution is 2.52. The van der Waals surface area contributed by atoms with E-state index in [0.29, 0.717) is 17.2 Å². The molecule has 0 aromatic heterocycles. The second-order valence-electron chi connectivity index (χ2n) is 5.42. The van der Waals surface area contributed by atoms with Gasteiger partial charge in [0.15, 0.2) is 17.6 Å². The molecule has 0 aliphatic carbocycles. The van der Waals surface area contributed by atoms with Gasteiger partial charge in [0.2, 0.25) is 5.75 Å². The Morgan fingerprint density at radius 1 is 0.958 bits per heavy atom. The van der Waals surface area contributed by atoms with Crippen LogP contribution in [0.1, 0.15) is 22.1 Å². The molecule has 0 fully saturated rings. The smallest absolute Gasteiger partial charge is 0.203 e. The van der Waals surface area contributed by atoms with Crippen LogP contribution in [0.2, 0.25) is 0 Å². The fourth-order valence-electron chi connectivity index (χ4n) is 2.85. The summed E-state index contributed by atoms with van der Waals surface area (Å²) >= 11 is 3.58. The zero-order valence-electron chi connectivity index (χ0n) is 13.7. The van der Waals surface area contributed by atoms with E-state index in [-0.39, 0.29) is 4.83 Å². The van der Waals surface area contributed by atoms with Crippen LogP contribution in [0.15, 0.2) is 36.4 Å².